The van der Waals surface area contributed by atoms with Gasteiger partial charge in [0.2, 0.25) is 6.04 Å². The number of likely N-dealkylation sites (tertiary alicyclic amines) is 1. The summed E-state index contributed by atoms with van der Waals surface area (Å²) < 4.78 is 10.4. The maximum atomic E-state index is 12.9. The van der Waals surface area contributed by atoms with Crippen LogP contribution in [0.4, 0.5) is 4.79 Å². The fourth-order valence-electron chi connectivity index (χ4n) is 4.55. The van der Waals surface area contributed by atoms with Crippen LogP contribution in [0.2, 0.25) is 0 Å². The minimum Gasteiger partial charge on any atom is -0.481 e. The molecular weight excluding hydrogens is 440 g/mol. The molecular formula is C25H26N2O7. The summed E-state index contributed by atoms with van der Waals surface area (Å²) in [5.74, 6) is -3.52. The Labute approximate surface area is 196 Å². The van der Waals surface area contributed by atoms with E-state index < -0.39 is 35.9 Å². The van der Waals surface area contributed by atoms with E-state index in [2.05, 4.69) is 5.32 Å². The Morgan fingerprint density at radius 2 is 1.65 bits per heavy atom. The monoisotopic (exact) mass is 466 g/mol. The van der Waals surface area contributed by atoms with Crippen LogP contribution in [0.1, 0.15) is 30.4 Å². The SMILES string of the molecule is CCOC(=O)C(NC(=O)OCC1c2ccccc2-c2ccccc21)C(=O)N1CCC(C(=O)O)C1. The molecule has 0 saturated carbocycles. The summed E-state index contributed by atoms with van der Waals surface area (Å²) in [5, 5.41) is 11.5. The van der Waals surface area contributed by atoms with Crippen LogP contribution in [0, 0.1) is 5.92 Å². The molecule has 1 aliphatic carbocycles. The number of amides is 2. The van der Waals surface area contributed by atoms with Gasteiger partial charge in [-0.15, -0.1) is 0 Å². The van der Waals surface area contributed by atoms with Gasteiger partial charge in [-0.25, -0.2) is 9.59 Å². The van der Waals surface area contributed by atoms with Crippen LogP contribution in [-0.4, -0.2) is 66.3 Å². The lowest BCUT2D eigenvalue weighted by Gasteiger charge is -2.23. The van der Waals surface area contributed by atoms with Crippen molar-refractivity contribution in [2.24, 2.45) is 5.92 Å². The molecule has 0 bridgehead atoms. The number of esters is 1. The summed E-state index contributed by atoms with van der Waals surface area (Å²) in [6, 6.07) is 14.2. The number of aliphatic carboxylic acids is 1. The minimum atomic E-state index is -1.61. The molecule has 2 unspecified atom stereocenters. The second-order valence-corrected chi connectivity index (χ2v) is 8.26. The summed E-state index contributed by atoms with van der Waals surface area (Å²) in [7, 11) is 0. The van der Waals surface area contributed by atoms with Gasteiger partial charge < -0.3 is 19.5 Å². The number of benzene rings is 2. The Bertz CT molecular complexity index is 1070. The third kappa shape index (κ3) is 4.59. The molecule has 9 heteroatoms. The van der Waals surface area contributed by atoms with Crippen LogP contribution < -0.4 is 5.32 Å². The van der Waals surface area contributed by atoms with E-state index in [1.165, 1.54) is 4.90 Å². The highest BCUT2D eigenvalue weighted by atomic mass is 16.6. The van der Waals surface area contributed by atoms with Crippen LogP contribution in [0.15, 0.2) is 48.5 Å². The highest BCUT2D eigenvalue weighted by Crippen LogP contribution is 2.44. The Morgan fingerprint density at radius 1 is 1.03 bits per heavy atom. The van der Waals surface area contributed by atoms with Crippen LogP contribution in [-0.2, 0) is 23.9 Å². The van der Waals surface area contributed by atoms with Gasteiger partial charge in [-0.2, -0.15) is 0 Å². The molecule has 0 spiro atoms. The van der Waals surface area contributed by atoms with Gasteiger partial charge in [-0.05, 0) is 35.6 Å². The smallest absolute Gasteiger partial charge is 0.408 e. The molecule has 1 heterocycles. The van der Waals surface area contributed by atoms with E-state index in [-0.39, 0.29) is 38.6 Å². The van der Waals surface area contributed by atoms with E-state index in [0.29, 0.717) is 0 Å². The number of alkyl carbamates (subject to hydrolysis) is 1. The number of ether oxygens (including phenoxy) is 2. The van der Waals surface area contributed by atoms with E-state index in [0.717, 1.165) is 22.3 Å². The number of nitrogens with one attached hydrogen (secondary N) is 1. The first-order chi connectivity index (χ1) is 16.4. The molecule has 2 aliphatic rings. The average molecular weight is 466 g/mol. The number of rotatable bonds is 7. The molecule has 4 rings (SSSR count). The Balaban J connectivity index is 1.44. The number of hydrogen-bond acceptors (Lipinski definition) is 6. The van der Waals surface area contributed by atoms with Crippen molar-refractivity contribution in [3.8, 4) is 11.1 Å². The summed E-state index contributed by atoms with van der Waals surface area (Å²) in [6.07, 6.45) is -0.649. The summed E-state index contributed by atoms with van der Waals surface area (Å²) in [4.78, 5) is 50.4. The Hall–Kier alpha value is -3.88. The largest absolute Gasteiger partial charge is 0.481 e. The van der Waals surface area contributed by atoms with Gasteiger partial charge >= 0.3 is 18.0 Å². The van der Waals surface area contributed by atoms with E-state index in [1.807, 2.05) is 48.5 Å². The van der Waals surface area contributed by atoms with Crippen LogP contribution >= 0.6 is 0 Å². The van der Waals surface area contributed by atoms with Crippen LogP contribution in [0.25, 0.3) is 11.1 Å². The summed E-state index contributed by atoms with van der Waals surface area (Å²) in [5.41, 5.74) is 4.22. The fourth-order valence-corrected chi connectivity index (χ4v) is 4.55. The number of carboxylic acid groups (broad SMARTS) is 1. The molecule has 1 fully saturated rings. The van der Waals surface area contributed by atoms with Crippen LogP contribution in [0.5, 0.6) is 0 Å². The maximum Gasteiger partial charge on any atom is 0.408 e. The topological polar surface area (TPSA) is 122 Å². The minimum absolute atomic E-state index is 0.0206. The number of carbonyl (C=O) groups is 4. The van der Waals surface area contributed by atoms with Crippen molar-refractivity contribution in [3.05, 3.63) is 59.7 Å². The van der Waals surface area contributed by atoms with E-state index in [4.69, 9.17) is 9.47 Å². The van der Waals surface area contributed by atoms with Gasteiger partial charge in [0.15, 0.2) is 0 Å². The zero-order valence-electron chi connectivity index (χ0n) is 18.7. The van der Waals surface area contributed by atoms with Crippen LogP contribution in [0.3, 0.4) is 0 Å². The first kappa shape index (κ1) is 23.3. The fraction of sp³-hybridized carbons (Fsp3) is 0.360. The quantitative estimate of drug-likeness (QED) is 0.475. The predicted molar refractivity (Wildman–Crippen MR) is 121 cm³/mol. The molecule has 2 N–H and O–H groups in total. The normalized spacial score (nSPS) is 17.4. The van der Waals surface area contributed by atoms with E-state index in [1.54, 1.807) is 6.92 Å². The number of nitrogens with zero attached hydrogens (tertiary/aromatic N) is 1. The van der Waals surface area contributed by atoms with Gasteiger partial charge in [0.05, 0.1) is 12.5 Å². The third-order valence-electron chi connectivity index (χ3n) is 6.22. The molecule has 2 aromatic carbocycles. The van der Waals surface area contributed by atoms with Crippen molar-refractivity contribution in [2.75, 3.05) is 26.3 Å². The Morgan fingerprint density at radius 3 is 2.21 bits per heavy atom. The highest BCUT2D eigenvalue weighted by molar-refractivity contribution is 6.04. The van der Waals surface area contributed by atoms with Crippen molar-refractivity contribution < 1.29 is 33.8 Å². The molecule has 2 aromatic rings. The van der Waals surface area contributed by atoms with Gasteiger partial charge in [-0.3, -0.25) is 14.9 Å². The molecule has 178 valence electrons. The second kappa shape index (κ2) is 9.94. The average Bonchev–Trinajstić information content (AvgIpc) is 3.45. The van der Waals surface area contributed by atoms with Crippen molar-refractivity contribution >= 4 is 23.9 Å². The molecule has 1 saturated heterocycles. The van der Waals surface area contributed by atoms with Crippen molar-refractivity contribution in [1.82, 2.24) is 10.2 Å². The summed E-state index contributed by atoms with van der Waals surface area (Å²) >= 11 is 0. The molecule has 34 heavy (non-hydrogen) atoms. The first-order valence-corrected chi connectivity index (χ1v) is 11.2. The van der Waals surface area contributed by atoms with E-state index in [9.17, 15) is 24.3 Å². The number of hydrogen-bond donors (Lipinski definition) is 2. The lowest BCUT2D eigenvalue weighted by Crippen LogP contribution is -2.53. The summed E-state index contributed by atoms with van der Waals surface area (Å²) in [6.45, 7) is 1.78. The van der Waals surface area contributed by atoms with Gasteiger partial charge in [0.25, 0.3) is 5.91 Å². The van der Waals surface area contributed by atoms with Gasteiger partial charge in [0.1, 0.15) is 6.61 Å². The Kier molecular flexibility index (Phi) is 6.81. The molecule has 0 aromatic heterocycles. The molecule has 9 nitrogen and oxygen atoms in total. The lowest BCUT2D eigenvalue weighted by atomic mass is 9.98. The van der Waals surface area contributed by atoms with Crippen molar-refractivity contribution in [2.45, 2.75) is 25.3 Å². The number of fused-ring (bicyclic) bond motifs is 3. The first-order valence-electron chi connectivity index (χ1n) is 11.2. The predicted octanol–water partition coefficient (Wildman–Crippen LogP) is 2.39. The highest BCUT2D eigenvalue weighted by Gasteiger charge is 2.39. The zero-order chi connectivity index (χ0) is 24.2. The molecule has 2 atom stereocenters. The van der Waals surface area contributed by atoms with Crippen molar-refractivity contribution in [1.29, 1.82) is 0 Å². The van der Waals surface area contributed by atoms with Gasteiger partial charge in [-0.1, -0.05) is 48.5 Å². The zero-order valence-corrected chi connectivity index (χ0v) is 18.7. The number of carboxylic acids is 1. The maximum absolute atomic E-state index is 12.9. The molecule has 0 radical (unpaired) electrons. The number of carbonyl (C=O) groups excluding carboxylic acids is 3. The van der Waals surface area contributed by atoms with Gasteiger partial charge in [0, 0.05) is 19.0 Å². The third-order valence-corrected chi connectivity index (χ3v) is 6.22. The van der Waals surface area contributed by atoms with Crippen molar-refractivity contribution in [3.63, 3.8) is 0 Å². The lowest BCUT2D eigenvalue weighted by molar-refractivity contribution is -0.151. The standard InChI is InChI=1S/C25H26N2O7/c1-2-33-24(31)21(22(28)27-12-11-15(13-27)23(29)30)26-25(32)34-14-20-18-9-5-3-7-16(18)17-8-4-6-10-19(17)20/h3-10,15,20-21H,2,11-14H2,1H3,(H,26,32)(H,29,30). The van der Waals surface area contributed by atoms with E-state index >= 15 is 0 Å². The molecule has 2 amide bonds. The molecule has 1 aliphatic heterocycles. The second-order valence-electron chi connectivity index (χ2n) is 8.26.